The minimum absolute atomic E-state index is 0.0315. The predicted molar refractivity (Wildman–Crippen MR) is 211 cm³/mol. The summed E-state index contributed by atoms with van der Waals surface area (Å²) in [5.41, 5.74) is 10.2. The van der Waals surface area contributed by atoms with Crippen LogP contribution in [0.25, 0.3) is 55.4 Å². The van der Waals surface area contributed by atoms with Crippen molar-refractivity contribution >= 4 is 50.7 Å². The van der Waals surface area contributed by atoms with E-state index in [2.05, 4.69) is 20.3 Å². The molecule has 4 atom stereocenters. The molecule has 292 valence electrons. The number of halogens is 1. The Kier molecular flexibility index (Phi) is 9.77. The van der Waals surface area contributed by atoms with Gasteiger partial charge in [-0.25, -0.2) is 19.2 Å². The molecule has 3 aromatic carbocycles. The summed E-state index contributed by atoms with van der Waals surface area (Å²) in [7, 11) is 1.28. The Balaban J connectivity index is 1.05. The highest BCUT2D eigenvalue weighted by molar-refractivity contribution is 6.05. The van der Waals surface area contributed by atoms with Gasteiger partial charge in [0.15, 0.2) is 11.6 Å². The molecule has 13 nitrogen and oxygen atoms in total. The van der Waals surface area contributed by atoms with Crippen molar-refractivity contribution in [2.45, 2.75) is 77.5 Å². The van der Waals surface area contributed by atoms with E-state index >= 15 is 4.39 Å². The number of carbonyl (C=O) groups is 3. The van der Waals surface area contributed by atoms with E-state index in [4.69, 9.17) is 19.9 Å². The Morgan fingerprint density at radius 1 is 0.893 bits per heavy atom. The largest absolute Gasteiger partial charge is 0.453 e. The minimum Gasteiger partial charge on any atom is -0.453 e. The number of amides is 3. The highest BCUT2D eigenvalue weighted by atomic mass is 19.1. The Bertz CT molecular complexity index is 2470. The van der Waals surface area contributed by atoms with Crippen molar-refractivity contribution in [3.8, 4) is 22.6 Å². The lowest BCUT2D eigenvalue weighted by atomic mass is 10.0. The third kappa shape index (κ3) is 6.55. The maximum absolute atomic E-state index is 16.2. The number of nitrogens with zero attached hydrogens (tertiary/aromatic N) is 4. The first-order valence-corrected chi connectivity index (χ1v) is 19.3. The van der Waals surface area contributed by atoms with Gasteiger partial charge in [0.2, 0.25) is 11.8 Å². The number of aromatic amines is 2. The fraction of sp³-hybridized carbons (Fsp3) is 0.405. The van der Waals surface area contributed by atoms with E-state index in [1.807, 2.05) is 69.0 Å². The summed E-state index contributed by atoms with van der Waals surface area (Å²) in [6.45, 7) is 8.85. The zero-order valence-electron chi connectivity index (χ0n) is 32.2. The summed E-state index contributed by atoms with van der Waals surface area (Å²) < 4.78 is 27.1. The van der Waals surface area contributed by atoms with E-state index < -0.39 is 24.0 Å². The van der Waals surface area contributed by atoms with Gasteiger partial charge in [-0.2, -0.15) is 0 Å². The fourth-order valence-corrected chi connectivity index (χ4v) is 8.18. The molecule has 2 saturated heterocycles. The first kappa shape index (κ1) is 37.2. The zero-order chi connectivity index (χ0) is 39.4. The van der Waals surface area contributed by atoms with E-state index in [1.54, 1.807) is 23.2 Å². The molecule has 2 aliphatic heterocycles. The lowest BCUT2D eigenvalue weighted by Gasteiger charge is -2.29. The normalized spacial score (nSPS) is 18.5. The van der Waals surface area contributed by atoms with Crippen LogP contribution < -0.4 is 11.1 Å². The van der Waals surface area contributed by atoms with Crippen LogP contribution in [0.4, 0.5) is 9.18 Å². The molecular formula is C42H47FN8O5. The molecule has 0 unspecified atom stereocenters. The van der Waals surface area contributed by atoms with Gasteiger partial charge in [-0.15, -0.1) is 0 Å². The fourth-order valence-electron chi connectivity index (χ4n) is 8.18. The number of likely N-dealkylation sites (tertiary alicyclic amines) is 2. The van der Waals surface area contributed by atoms with Gasteiger partial charge in [0, 0.05) is 29.6 Å². The molecule has 2 fully saturated rings. The van der Waals surface area contributed by atoms with Gasteiger partial charge in [-0.05, 0) is 73.2 Å². The number of furan rings is 1. The number of hydrogen-bond acceptors (Lipinski definition) is 8. The van der Waals surface area contributed by atoms with Crippen molar-refractivity contribution in [1.29, 1.82) is 0 Å². The molecule has 56 heavy (non-hydrogen) atoms. The molecule has 5 N–H and O–H groups in total. The molecule has 8 rings (SSSR count). The number of hydrogen-bond donors (Lipinski definition) is 4. The van der Waals surface area contributed by atoms with E-state index in [9.17, 15) is 14.4 Å². The average molecular weight is 763 g/mol. The van der Waals surface area contributed by atoms with E-state index in [-0.39, 0.29) is 41.5 Å². The van der Waals surface area contributed by atoms with E-state index in [1.165, 1.54) is 7.11 Å². The van der Waals surface area contributed by atoms with Crippen LogP contribution in [-0.2, 0) is 14.3 Å². The quantitative estimate of drug-likeness (QED) is 0.118. The van der Waals surface area contributed by atoms with Gasteiger partial charge >= 0.3 is 6.09 Å². The second-order valence-corrected chi connectivity index (χ2v) is 15.7. The first-order valence-electron chi connectivity index (χ1n) is 19.3. The van der Waals surface area contributed by atoms with Crippen LogP contribution in [0.5, 0.6) is 0 Å². The smallest absolute Gasteiger partial charge is 0.407 e. The Morgan fingerprint density at radius 3 is 2.32 bits per heavy atom. The van der Waals surface area contributed by atoms with Crippen LogP contribution in [0.2, 0.25) is 0 Å². The molecular weight excluding hydrogens is 716 g/mol. The lowest BCUT2D eigenvalue weighted by Crippen LogP contribution is -2.51. The van der Waals surface area contributed by atoms with Crippen LogP contribution in [0.3, 0.4) is 0 Å². The molecule has 0 saturated carbocycles. The first-order chi connectivity index (χ1) is 26.9. The Labute approximate surface area is 323 Å². The number of nitrogens with two attached hydrogens (primary N) is 1. The van der Waals surface area contributed by atoms with Gasteiger partial charge in [0.1, 0.15) is 23.3 Å². The number of methoxy groups -OCH3 is 1. The minimum atomic E-state index is -0.726. The number of nitrogens with one attached hydrogen (secondary N) is 3. The topological polar surface area (TPSA) is 175 Å². The highest BCUT2D eigenvalue weighted by Crippen LogP contribution is 2.39. The third-order valence-corrected chi connectivity index (χ3v) is 11.4. The molecule has 14 heteroatoms. The molecule has 0 spiro atoms. The summed E-state index contributed by atoms with van der Waals surface area (Å²) in [6.07, 6.45) is 4.28. The molecule has 2 aliphatic rings. The van der Waals surface area contributed by atoms with E-state index in [0.717, 1.165) is 53.1 Å². The molecule has 0 aliphatic carbocycles. The van der Waals surface area contributed by atoms with Gasteiger partial charge in [-0.1, -0.05) is 45.9 Å². The SMILES string of the molecule is COC(=O)N[C@H](C(=O)N1CCC[C@H]1c1nc2c(ccc3cc(-c4oc5ccc(-c6cnc([C@@H]7CCCN7C(=O)[C@@H](N)C(C)C)[nH]6)cc5c4F)ccc32)[nH]1)C(C)C. The average Bonchev–Trinajstić information content (AvgIpc) is 4.04. The summed E-state index contributed by atoms with van der Waals surface area (Å²) in [5, 5.41) is 4.77. The van der Waals surface area contributed by atoms with Crippen LogP contribution in [-0.4, -0.2) is 79.9 Å². The number of rotatable bonds is 9. The Hall–Kier alpha value is -5.76. The van der Waals surface area contributed by atoms with Crippen molar-refractivity contribution in [1.82, 2.24) is 35.1 Å². The van der Waals surface area contributed by atoms with Crippen molar-refractivity contribution in [2.75, 3.05) is 20.2 Å². The van der Waals surface area contributed by atoms with Crippen molar-refractivity contribution in [2.24, 2.45) is 17.6 Å². The number of H-pyrrole nitrogens is 2. The van der Waals surface area contributed by atoms with Gasteiger partial charge in [0.25, 0.3) is 0 Å². The maximum atomic E-state index is 16.2. The molecule has 6 aromatic rings. The van der Waals surface area contributed by atoms with Gasteiger partial charge in [-0.3, -0.25) is 9.59 Å². The second-order valence-electron chi connectivity index (χ2n) is 15.7. The monoisotopic (exact) mass is 762 g/mol. The van der Waals surface area contributed by atoms with Crippen LogP contribution in [0.1, 0.15) is 77.1 Å². The number of fused-ring (bicyclic) bond motifs is 4. The lowest BCUT2D eigenvalue weighted by molar-refractivity contribution is -0.136. The number of imidazole rings is 2. The number of aromatic nitrogens is 4. The summed E-state index contributed by atoms with van der Waals surface area (Å²) in [4.78, 5) is 58.8. The zero-order valence-corrected chi connectivity index (χ0v) is 32.2. The van der Waals surface area contributed by atoms with Crippen molar-refractivity contribution in [3.05, 3.63) is 72.2 Å². The van der Waals surface area contributed by atoms with Crippen LogP contribution in [0, 0.1) is 17.7 Å². The number of carbonyl (C=O) groups excluding carboxylic acids is 3. The van der Waals surface area contributed by atoms with Crippen molar-refractivity contribution < 1.29 is 27.9 Å². The van der Waals surface area contributed by atoms with Crippen LogP contribution >= 0.6 is 0 Å². The second kappa shape index (κ2) is 14.7. The highest BCUT2D eigenvalue weighted by Gasteiger charge is 2.38. The Morgan fingerprint density at radius 2 is 1.61 bits per heavy atom. The standard InChI is InChI=1S/C42H47FN8O5/c1-21(2)34(44)40(52)50-16-6-8-30(50)38-45-20-29(47-38)24-12-15-32-27(19-24)33(43)37(56-32)25-10-13-26-23(18-25)11-14-28-36(26)48-39(46-28)31-9-7-17-51(31)41(53)35(22(3)4)49-42(54)55-5/h10-15,18-22,30-31,34-35H,6-9,16-17,44H2,1-5H3,(H,45,47)(H,46,48)(H,49,54)/t30-,31-,34-,35-/m0/s1. The van der Waals surface area contributed by atoms with Crippen molar-refractivity contribution in [3.63, 3.8) is 0 Å². The van der Waals surface area contributed by atoms with E-state index in [0.29, 0.717) is 47.0 Å². The third-order valence-electron chi connectivity index (χ3n) is 11.4. The number of benzene rings is 3. The maximum Gasteiger partial charge on any atom is 0.407 e. The summed E-state index contributed by atoms with van der Waals surface area (Å²) in [6, 6.07) is 13.1. The molecule has 0 radical (unpaired) electrons. The predicted octanol–water partition coefficient (Wildman–Crippen LogP) is 7.35. The molecule has 0 bridgehead atoms. The number of alkyl carbamates (subject to hydrolysis) is 1. The molecule has 3 aromatic heterocycles. The van der Waals surface area contributed by atoms with Crippen LogP contribution in [0.15, 0.2) is 59.1 Å². The summed E-state index contributed by atoms with van der Waals surface area (Å²) in [5.74, 6) is 0.681. The van der Waals surface area contributed by atoms with Gasteiger partial charge in [0.05, 0.1) is 53.5 Å². The number of ether oxygens (including phenoxy) is 1. The molecule has 3 amide bonds. The molecule has 5 heterocycles. The van der Waals surface area contributed by atoms with Gasteiger partial charge < -0.3 is 40.0 Å². The summed E-state index contributed by atoms with van der Waals surface area (Å²) >= 11 is 0.